The van der Waals surface area contributed by atoms with E-state index in [9.17, 15) is 9.59 Å². The largest absolute Gasteiger partial charge is 0.354 e. The van der Waals surface area contributed by atoms with Gasteiger partial charge in [-0.3, -0.25) is 9.59 Å². The van der Waals surface area contributed by atoms with Crippen LogP contribution in [0.4, 0.5) is 0 Å². The molecule has 0 aliphatic carbocycles. The summed E-state index contributed by atoms with van der Waals surface area (Å²) >= 11 is 12.2. The van der Waals surface area contributed by atoms with Crippen molar-refractivity contribution in [1.82, 2.24) is 10.2 Å². The average Bonchev–Trinajstić information content (AvgIpc) is 2.71. The monoisotopic (exact) mass is 448 g/mol. The number of amides is 2. The van der Waals surface area contributed by atoms with E-state index in [1.54, 1.807) is 24.0 Å². The number of halogens is 2. The summed E-state index contributed by atoms with van der Waals surface area (Å²) in [7, 11) is 0. The van der Waals surface area contributed by atoms with Gasteiger partial charge in [-0.25, -0.2) is 0 Å². The standard InChI is InChI=1S/C24H30Cl2N2O2/c1-5-6-11-27-24(30)18(4)28(15-19-9-10-21(25)22(26)13-19)23(29)14-20-12-16(2)7-8-17(20)3/h7-10,12-13,18H,5-6,11,14-15H2,1-4H3,(H,27,30). The van der Waals surface area contributed by atoms with Crippen LogP contribution in [-0.2, 0) is 22.6 Å². The maximum absolute atomic E-state index is 13.3. The van der Waals surface area contributed by atoms with Crippen LogP contribution < -0.4 is 5.32 Å². The van der Waals surface area contributed by atoms with Crippen molar-refractivity contribution in [2.75, 3.05) is 6.54 Å². The minimum absolute atomic E-state index is 0.104. The molecule has 0 saturated carbocycles. The van der Waals surface area contributed by atoms with Crippen molar-refractivity contribution in [3.63, 3.8) is 0 Å². The molecule has 6 heteroatoms. The van der Waals surface area contributed by atoms with E-state index in [0.717, 1.165) is 35.1 Å². The Labute approximate surface area is 189 Å². The molecule has 4 nitrogen and oxygen atoms in total. The van der Waals surface area contributed by atoms with Gasteiger partial charge in [-0.1, -0.05) is 66.4 Å². The normalized spacial score (nSPS) is 11.8. The van der Waals surface area contributed by atoms with Crippen molar-refractivity contribution in [2.24, 2.45) is 0 Å². The van der Waals surface area contributed by atoms with E-state index in [-0.39, 0.29) is 24.8 Å². The molecule has 1 unspecified atom stereocenters. The number of carbonyl (C=O) groups is 2. The molecule has 0 saturated heterocycles. The number of hydrogen-bond donors (Lipinski definition) is 1. The maximum Gasteiger partial charge on any atom is 0.242 e. The molecule has 0 bridgehead atoms. The van der Waals surface area contributed by atoms with Gasteiger partial charge < -0.3 is 10.2 Å². The first-order valence-electron chi connectivity index (χ1n) is 10.3. The lowest BCUT2D eigenvalue weighted by Gasteiger charge is -2.29. The topological polar surface area (TPSA) is 49.4 Å². The van der Waals surface area contributed by atoms with Crippen LogP contribution in [0.1, 0.15) is 48.9 Å². The van der Waals surface area contributed by atoms with Gasteiger partial charge in [-0.15, -0.1) is 0 Å². The number of carbonyl (C=O) groups excluding carboxylic acids is 2. The van der Waals surface area contributed by atoms with Crippen LogP contribution in [0.25, 0.3) is 0 Å². The molecular formula is C24H30Cl2N2O2. The first kappa shape index (κ1) is 24.2. The van der Waals surface area contributed by atoms with E-state index in [2.05, 4.69) is 12.2 Å². The van der Waals surface area contributed by atoms with Gasteiger partial charge in [0.25, 0.3) is 0 Å². The number of unbranched alkanes of at least 4 members (excludes halogenated alkanes) is 1. The number of rotatable bonds is 9. The second-order valence-corrected chi connectivity index (χ2v) is 8.51. The smallest absolute Gasteiger partial charge is 0.242 e. The molecule has 0 heterocycles. The number of benzene rings is 2. The van der Waals surface area contributed by atoms with Crippen molar-refractivity contribution < 1.29 is 9.59 Å². The minimum Gasteiger partial charge on any atom is -0.354 e. The number of aryl methyl sites for hydroxylation is 2. The zero-order valence-corrected chi connectivity index (χ0v) is 19.6. The lowest BCUT2D eigenvalue weighted by molar-refractivity contribution is -0.140. The van der Waals surface area contributed by atoms with E-state index in [1.807, 2.05) is 38.1 Å². The molecule has 1 atom stereocenters. The van der Waals surface area contributed by atoms with Crippen molar-refractivity contribution in [3.8, 4) is 0 Å². The third-order valence-electron chi connectivity index (χ3n) is 5.18. The predicted octanol–water partition coefficient (Wildman–Crippen LogP) is 5.49. The molecule has 2 aromatic rings. The molecule has 0 aromatic heterocycles. The van der Waals surface area contributed by atoms with Gasteiger partial charge in [-0.05, 0) is 56.0 Å². The molecule has 2 aromatic carbocycles. The zero-order chi connectivity index (χ0) is 22.3. The van der Waals surface area contributed by atoms with E-state index in [1.165, 1.54) is 0 Å². The van der Waals surface area contributed by atoms with Crippen LogP contribution in [0.2, 0.25) is 10.0 Å². The summed E-state index contributed by atoms with van der Waals surface area (Å²) in [4.78, 5) is 27.6. The Morgan fingerprint density at radius 2 is 1.80 bits per heavy atom. The van der Waals surface area contributed by atoms with Gasteiger partial charge in [0.1, 0.15) is 6.04 Å². The van der Waals surface area contributed by atoms with Crippen molar-refractivity contribution in [1.29, 1.82) is 0 Å². The molecule has 162 valence electrons. The fraction of sp³-hybridized carbons (Fsp3) is 0.417. The van der Waals surface area contributed by atoms with Crippen LogP contribution in [0.5, 0.6) is 0 Å². The molecule has 0 radical (unpaired) electrons. The van der Waals surface area contributed by atoms with E-state index in [0.29, 0.717) is 16.6 Å². The van der Waals surface area contributed by atoms with Crippen molar-refractivity contribution in [3.05, 3.63) is 68.7 Å². The molecule has 0 fully saturated rings. The molecule has 30 heavy (non-hydrogen) atoms. The van der Waals surface area contributed by atoms with Gasteiger partial charge in [0.15, 0.2) is 0 Å². The summed E-state index contributed by atoms with van der Waals surface area (Å²) in [6.07, 6.45) is 2.14. The summed E-state index contributed by atoms with van der Waals surface area (Å²) in [5.74, 6) is -0.259. The van der Waals surface area contributed by atoms with Crippen molar-refractivity contribution in [2.45, 2.75) is 59.5 Å². The van der Waals surface area contributed by atoms with E-state index in [4.69, 9.17) is 23.2 Å². The van der Waals surface area contributed by atoms with Crippen molar-refractivity contribution >= 4 is 35.0 Å². The molecule has 0 spiro atoms. The lowest BCUT2D eigenvalue weighted by Crippen LogP contribution is -2.48. The predicted molar refractivity (Wildman–Crippen MR) is 124 cm³/mol. The third kappa shape index (κ3) is 6.75. The van der Waals surface area contributed by atoms with Crippen LogP contribution >= 0.6 is 23.2 Å². The van der Waals surface area contributed by atoms with E-state index < -0.39 is 6.04 Å². The molecule has 0 aliphatic heterocycles. The first-order chi connectivity index (χ1) is 14.2. The Kier molecular flexibility index (Phi) is 9.19. The fourth-order valence-electron chi connectivity index (χ4n) is 3.21. The minimum atomic E-state index is -0.603. The Hall–Kier alpha value is -2.04. The highest BCUT2D eigenvalue weighted by molar-refractivity contribution is 6.42. The van der Waals surface area contributed by atoms with Gasteiger partial charge in [-0.2, -0.15) is 0 Å². The van der Waals surface area contributed by atoms with Gasteiger partial charge >= 0.3 is 0 Å². The molecular weight excluding hydrogens is 419 g/mol. The first-order valence-corrected chi connectivity index (χ1v) is 11.1. The summed E-state index contributed by atoms with van der Waals surface area (Å²) in [5, 5.41) is 3.81. The van der Waals surface area contributed by atoms with Crippen LogP contribution in [0.15, 0.2) is 36.4 Å². The molecule has 0 aliphatic rings. The number of hydrogen-bond acceptors (Lipinski definition) is 2. The molecule has 2 rings (SSSR count). The molecule has 1 N–H and O–H groups in total. The number of nitrogens with one attached hydrogen (secondary N) is 1. The highest BCUT2D eigenvalue weighted by Gasteiger charge is 2.26. The highest BCUT2D eigenvalue weighted by Crippen LogP contribution is 2.24. The second-order valence-electron chi connectivity index (χ2n) is 7.70. The Morgan fingerprint density at radius 3 is 2.47 bits per heavy atom. The summed E-state index contributed by atoms with van der Waals surface area (Å²) in [5.41, 5.74) is 3.96. The SMILES string of the molecule is CCCCNC(=O)C(C)N(Cc1ccc(Cl)c(Cl)c1)C(=O)Cc1cc(C)ccc1C. The zero-order valence-electron chi connectivity index (χ0n) is 18.1. The fourth-order valence-corrected chi connectivity index (χ4v) is 3.53. The van der Waals surface area contributed by atoms with E-state index >= 15 is 0 Å². The summed E-state index contributed by atoms with van der Waals surface area (Å²) in [6.45, 7) is 8.71. The summed E-state index contributed by atoms with van der Waals surface area (Å²) in [6, 6.07) is 10.7. The van der Waals surface area contributed by atoms with Gasteiger partial charge in [0.05, 0.1) is 16.5 Å². The lowest BCUT2D eigenvalue weighted by atomic mass is 10.0. The second kappa shape index (κ2) is 11.4. The number of nitrogens with zero attached hydrogens (tertiary/aromatic N) is 1. The Morgan fingerprint density at radius 1 is 1.07 bits per heavy atom. The maximum atomic E-state index is 13.3. The summed E-state index contributed by atoms with van der Waals surface area (Å²) < 4.78 is 0. The van der Waals surface area contributed by atoms with Gasteiger partial charge in [0.2, 0.25) is 11.8 Å². The van der Waals surface area contributed by atoms with Crippen LogP contribution in [-0.4, -0.2) is 29.3 Å². The quantitative estimate of drug-likeness (QED) is 0.515. The van der Waals surface area contributed by atoms with Crippen LogP contribution in [0.3, 0.4) is 0 Å². The molecule has 2 amide bonds. The average molecular weight is 449 g/mol. The van der Waals surface area contributed by atoms with Gasteiger partial charge in [0, 0.05) is 13.1 Å². The van der Waals surface area contributed by atoms with Crippen LogP contribution in [0, 0.1) is 13.8 Å². The third-order valence-corrected chi connectivity index (χ3v) is 5.92. The highest BCUT2D eigenvalue weighted by atomic mass is 35.5. The Balaban J connectivity index is 2.26. The Bertz CT molecular complexity index is 899.